The molecule has 5 N–H and O–H groups in total. The summed E-state index contributed by atoms with van der Waals surface area (Å²) in [5, 5.41) is 10.6. The molecule has 5 atom stereocenters. The van der Waals surface area contributed by atoms with Gasteiger partial charge >= 0.3 is 13.7 Å². The van der Waals surface area contributed by atoms with Crippen molar-refractivity contribution < 1.29 is 42.9 Å². The molecule has 2 unspecified atom stereocenters. The van der Waals surface area contributed by atoms with Gasteiger partial charge in [0.15, 0.2) is 10.7 Å². The molecule has 2 amide bonds. The second kappa shape index (κ2) is 17.1. The topological polar surface area (TPSA) is 195 Å². The van der Waals surface area contributed by atoms with Gasteiger partial charge in [-0.25, -0.2) is 4.79 Å². The molecule has 0 heterocycles. The third-order valence-electron chi connectivity index (χ3n) is 7.27. The number of rotatable bonds is 18. The largest absolute Gasteiger partial charge is 0.445 e. The van der Waals surface area contributed by atoms with E-state index in [2.05, 4.69) is 15.7 Å². The molecule has 0 saturated heterocycles. The number of Topliss-reactive ketones (excluding diaryl/α,β-unsaturated/α-hetero) is 1. The van der Waals surface area contributed by atoms with Gasteiger partial charge in [0.25, 0.3) is 0 Å². The van der Waals surface area contributed by atoms with Gasteiger partial charge < -0.3 is 30.1 Å². The molecule has 244 valence electrons. The summed E-state index contributed by atoms with van der Waals surface area (Å²) in [6.07, 6.45) is 2.25. The Balaban J connectivity index is 2.86. The first-order valence-corrected chi connectivity index (χ1v) is 17.9. The number of ketones is 1. The van der Waals surface area contributed by atoms with Crippen molar-refractivity contribution in [1.82, 2.24) is 15.6 Å². The van der Waals surface area contributed by atoms with E-state index in [0.29, 0.717) is 12.8 Å². The van der Waals surface area contributed by atoms with Crippen LogP contribution in [0.2, 0.25) is 0 Å². The van der Waals surface area contributed by atoms with Crippen LogP contribution in [-0.4, -0.2) is 81.4 Å². The van der Waals surface area contributed by atoms with Crippen molar-refractivity contribution in [3.8, 4) is 0 Å². The van der Waals surface area contributed by atoms with Gasteiger partial charge in [0, 0.05) is 38.8 Å². The maximum Gasteiger partial charge on any atom is 0.408 e. The Morgan fingerprint density at radius 3 is 2.23 bits per heavy atom. The third-order valence-corrected chi connectivity index (χ3v) is 12.5. The number of alkyl carbamates (subject to hydrolysis) is 1. The van der Waals surface area contributed by atoms with Gasteiger partial charge in [-0.3, -0.25) is 23.7 Å². The minimum Gasteiger partial charge on any atom is -0.445 e. The zero-order valence-corrected chi connectivity index (χ0v) is 27.9. The smallest absolute Gasteiger partial charge is 0.408 e. The van der Waals surface area contributed by atoms with Crippen LogP contribution in [0.3, 0.4) is 0 Å². The molecule has 0 radical (unpaired) electrons. The van der Waals surface area contributed by atoms with Gasteiger partial charge in [-0.2, -0.15) is 5.10 Å². The molecule has 0 bridgehead atoms. The van der Waals surface area contributed by atoms with E-state index in [1.807, 2.05) is 58.0 Å². The minimum atomic E-state index is -5.04. The number of nitrogens with zero attached hydrogens (tertiary/aromatic N) is 2. The summed E-state index contributed by atoms with van der Waals surface area (Å²) in [5.74, 6) is -1.06. The molecule has 15 heteroatoms. The quantitative estimate of drug-likeness (QED) is 0.0890. The molecule has 0 spiro atoms. The zero-order chi connectivity index (χ0) is 33.0. The van der Waals surface area contributed by atoms with Crippen molar-refractivity contribution in [1.29, 1.82) is 0 Å². The Bertz CT molecular complexity index is 1160. The minimum absolute atomic E-state index is 0.0763. The van der Waals surface area contributed by atoms with Crippen molar-refractivity contribution in [2.24, 2.45) is 22.9 Å². The molecule has 0 aliphatic heterocycles. The summed E-state index contributed by atoms with van der Waals surface area (Å²) >= 11 is 0. The van der Waals surface area contributed by atoms with Gasteiger partial charge in [-0.15, -0.1) is 0 Å². The number of amides is 2. The molecule has 0 saturated carbocycles. The third kappa shape index (κ3) is 12.9. The van der Waals surface area contributed by atoms with Crippen LogP contribution in [0.5, 0.6) is 0 Å². The summed E-state index contributed by atoms with van der Waals surface area (Å²) in [6, 6.07) is 8.44. The number of ether oxygens (including phenoxy) is 1. The fourth-order valence-electron chi connectivity index (χ4n) is 4.13. The second-order valence-electron chi connectivity index (χ2n) is 11.6. The highest BCUT2D eigenvalue weighted by molar-refractivity contribution is 7.75. The highest BCUT2D eigenvalue weighted by atomic mass is 31.2. The standard InChI is InChI=1S/C28H48N4O9P2/c1-8-21(4)26(31-27(35)41-18-22-12-10-9-11-13-22)24(33)15-23(14-20(2)3)16-30-32(6)17-25(34)29-19-28(5,42(7,36)37)43(38,39)40/h9-13,16,20-21,23,26H,8,14-15,17-19H2,1-7H3,(H,29,34)(H,31,35)(H,36,37)(H2,38,39,40)/b30-16+/t21-,23-,26+,28?/m0/s1. The Morgan fingerprint density at radius 2 is 1.72 bits per heavy atom. The SMILES string of the molecule is CC[C@H](C)[C@@H](NC(=O)OCc1ccccc1)C(=O)C[C@@H](/C=N/N(C)CC(=O)NCC(C)(P(C)(=O)O)P(=O)(O)O)CC(C)C. The van der Waals surface area contributed by atoms with Crippen molar-refractivity contribution in [3.05, 3.63) is 35.9 Å². The van der Waals surface area contributed by atoms with E-state index >= 15 is 0 Å². The highest BCUT2D eigenvalue weighted by Crippen LogP contribution is 2.68. The molecule has 43 heavy (non-hydrogen) atoms. The van der Waals surface area contributed by atoms with Crippen LogP contribution in [0.15, 0.2) is 35.4 Å². The van der Waals surface area contributed by atoms with E-state index < -0.39 is 44.4 Å². The molecule has 13 nitrogen and oxygen atoms in total. The summed E-state index contributed by atoms with van der Waals surface area (Å²) in [6.45, 7) is 8.65. The molecule has 0 aromatic heterocycles. The van der Waals surface area contributed by atoms with Crippen molar-refractivity contribution in [2.45, 2.75) is 71.4 Å². The normalized spacial score (nSPS) is 16.9. The van der Waals surface area contributed by atoms with Crippen molar-refractivity contribution >= 4 is 39.0 Å². The van der Waals surface area contributed by atoms with Gasteiger partial charge in [0.1, 0.15) is 13.2 Å². The van der Waals surface area contributed by atoms with Crippen LogP contribution >= 0.6 is 15.0 Å². The number of benzene rings is 1. The zero-order valence-electron chi connectivity index (χ0n) is 26.1. The molecular weight excluding hydrogens is 598 g/mol. The molecule has 0 aliphatic carbocycles. The maximum absolute atomic E-state index is 13.4. The first-order chi connectivity index (χ1) is 19.8. The predicted octanol–water partition coefficient (Wildman–Crippen LogP) is 3.78. The van der Waals surface area contributed by atoms with E-state index in [1.165, 1.54) is 12.1 Å². The van der Waals surface area contributed by atoms with Gasteiger partial charge in [-0.05, 0) is 30.7 Å². The lowest BCUT2D eigenvalue weighted by atomic mass is 9.87. The summed E-state index contributed by atoms with van der Waals surface area (Å²) < 4.78 is 29.3. The molecule has 1 rings (SSSR count). The Morgan fingerprint density at radius 1 is 1.12 bits per heavy atom. The number of hydrogen-bond donors (Lipinski definition) is 5. The predicted molar refractivity (Wildman–Crippen MR) is 166 cm³/mol. The Hall–Kier alpha value is -2.56. The molecule has 1 aromatic rings. The van der Waals surface area contributed by atoms with Gasteiger partial charge in [0.2, 0.25) is 13.3 Å². The van der Waals surface area contributed by atoms with E-state index in [4.69, 9.17) is 4.74 Å². The van der Waals surface area contributed by atoms with Crippen molar-refractivity contribution in [3.63, 3.8) is 0 Å². The Labute approximate surface area is 254 Å². The highest BCUT2D eigenvalue weighted by Gasteiger charge is 2.54. The average molecular weight is 647 g/mol. The monoisotopic (exact) mass is 646 g/mol. The summed E-state index contributed by atoms with van der Waals surface area (Å²) in [7, 11) is -7.81. The summed E-state index contributed by atoms with van der Waals surface area (Å²) in [4.78, 5) is 65.1. The van der Waals surface area contributed by atoms with Crippen LogP contribution in [0.25, 0.3) is 0 Å². The van der Waals surface area contributed by atoms with E-state index in [0.717, 1.165) is 19.2 Å². The van der Waals surface area contributed by atoms with Crippen LogP contribution in [0, 0.1) is 17.8 Å². The fourth-order valence-corrected chi connectivity index (χ4v) is 6.72. The first kappa shape index (κ1) is 38.5. The number of hydrazone groups is 1. The number of carbonyl (C=O) groups is 3. The molecule has 0 fully saturated rings. The van der Waals surface area contributed by atoms with Crippen LogP contribution in [0.1, 0.15) is 59.4 Å². The summed E-state index contributed by atoms with van der Waals surface area (Å²) in [5.41, 5.74) is 0.824. The lowest BCUT2D eigenvalue weighted by molar-refractivity contribution is -0.123. The lowest BCUT2D eigenvalue weighted by Gasteiger charge is -2.32. The molecule has 0 aliphatic rings. The first-order valence-electron chi connectivity index (χ1n) is 14.2. The Kier molecular flexibility index (Phi) is 15.3. The number of carbonyl (C=O) groups excluding carboxylic acids is 3. The van der Waals surface area contributed by atoms with Gasteiger partial charge in [-0.1, -0.05) is 64.4 Å². The van der Waals surface area contributed by atoms with Crippen molar-refractivity contribution in [2.75, 3.05) is 26.8 Å². The number of hydrogen-bond acceptors (Lipinski definition) is 8. The number of nitrogens with one attached hydrogen (secondary N) is 2. The number of likely N-dealkylation sites (N-methyl/N-ethyl adjacent to an activating group) is 1. The maximum atomic E-state index is 13.4. The molecular formula is C28H48N4O9P2. The van der Waals surface area contributed by atoms with Crippen LogP contribution in [-0.2, 0) is 30.1 Å². The van der Waals surface area contributed by atoms with Crippen LogP contribution in [0.4, 0.5) is 4.79 Å². The van der Waals surface area contributed by atoms with E-state index in [1.54, 1.807) is 6.21 Å². The molecule has 1 aromatic carbocycles. The van der Waals surface area contributed by atoms with E-state index in [-0.39, 0.29) is 43.1 Å². The second-order valence-corrected chi connectivity index (χ2v) is 16.8. The van der Waals surface area contributed by atoms with Crippen LogP contribution < -0.4 is 10.6 Å². The van der Waals surface area contributed by atoms with E-state index in [9.17, 15) is 38.2 Å². The lowest BCUT2D eigenvalue weighted by Crippen LogP contribution is -2.46. The average Bonchev–Trinajstić information content (AvgIpc) is 2.90. The fraction of sp³-hybridized carbons (Fsp3) is 0.643. The van der Waals surface area contributed by atoms with Gasteiger partial charge in [0.05, 0.1) is 6.04 Å².